The van der Waals surface area contributed by atoms with Crippen LogP contribution in [0.3, 0.4) is 0 Å². The summed E-state index contributed by atoms with van der Waals surface area (Å²) in [6.45, 7) is 9.48. The molecule has 2 aliphatic carbocycles. The molecule has 0 unspecified atom stereocenters. The van der Waals surface area contributed by atoms with Crippen LogP contribution in [0.1, 0.15) is 49.9 Å². The minimum atomic E-state index is -0.0434. The first-order valence-corrected chi connectivity index (χ1v) is 15.8. The van der Waals surface area contributed by atoms with E-state index in [0.717, 1.165) is 0 Å². The Balaban J connectivity index is 1.37. The molecule has 210 valence electrons. The average Bonchev–Trinajstić information content (AvgIpc) is 3.43. The van der Waals surface area contributed by atoms with Crippen LogP contribution in [0.5, 0.6) is 0 Å². The standard InChI is InChI=1S/C44H34/c1-43(2)37-22-12-10-19-34(37)42-35(20-13-23-38(42)43)41-32-17-7-5-15-30(32)40(31-16-6-8-18-33(31)41)27-24-25-29-28-14-9-11-21-36(28)44(3,4)39(29)26-27/h5-26H,1-4H3. The third-order valence-corrected chi connectivity index (χ3v) is 10.7. The van der Waals surface area contributed by atoms with Gasteiger partial charge in [0.15, 0.2) is 0 Å². The van der Waals surface area contributed by atoms with Gasteiger partial charge in [0.25, 0.3) is 0 Å². The number of hydrogen-bond donors (Lipinski definition) is 0. The van der Waals surface area contributed by atoms with E-state index >= 15 is 0 Å². The monoisotopic (exact) mass is 562 g/mol. The quantitative estimate of drug-likeness (QED) is 0.184. The van der Waals surface area contributed by atoms with E-state index in [1.54, 1.807) is 0 Å². The van der Waals surface area contributed by atoms with E-state index in [1.807, 2.05) is 0 Å². The van der Waals surface area contributed by atoms with Gasteiger partial charge in [-0.25, -0.2) is 0 Å². The highest BCUT2D eigenvalue weighted by Gasteiger charge is 2.38. The summed E-state index contributed by atoms with van der Waals surface area (Å²) in [5.74, 6) is 0. The van der Waals surface area contributed by atoms with Gasteiger partial charge in [-0.05, 0) is 94.4 Å². The highest BCUT2D eigenvalue weighted by Crippen LogP contribution is 2.55. The highest BCUT2D eigenvalue weighted by molar-refractivity contribution is 6.22. The molecule has 0 heterocycles. The number of benzene rings is 7. The SMILES string of the molecule is CC1(C)c2ccccc2-c2ccc(-c3c4ccccc4c(-c4cccc5c4-c4ccccc4C5(C)C)c4ccccc34)cc21. The van der Waals surface area contributed by atoms with Gasteiger partial charge in [-0.15, -0.1) is 0 Å². The van der Waals surface area contributed by atoms with E-state index < -0.39 is 0 Å². The van der Waals surface area contributed by atoms with Crippen LogP contribution < -0.4 is 0 Å². The molecular weight excluding hydrogens is 528 g/mol. The first-order valence-electron chi connectivity index (χ1n) is 15.8. The Morgan fingerprint density at radius 3 is 1.43 bits per heavy atom. The summed E-state index contributed by atoms with van der Waals surface area (Å²) in [6, 6.07) is 50.2. The summed E-state index contributed by atoms with van der Waals surface area (Å²) >= 11 is 0. The smallest absolute Gasteiger partial charge is 0.0159 e. The molecule has 0 atom stereocenters. The Morgan fingerprint density at radius 1 is 0.318 bits per heavy atom. The molecule has 9 rings (SSSR count). The molecule has 0 radical (unpaired) electrons. The topological polar surface area (TPSA) is 0 Å². The lowest BCUT2D eigenvalue weighted by molar-refractivity contribution is 0.660. The van der Waals surface area contributed by atoms with Crippen molar-refractivity contribution < 1.29 is 0 Å². The molecule has 0 fully saturated rings. The van der Waals surface area contributed by atoms with Crippen molar-refractivity contribution in [3.05, 3.63) is 156 Å². The van der Waals surface area contributed by atoms with E-state index in [0.29, 0.717) is 0 Å². The minimum absolute atomic E-state index is 0.0394. The second-order valence-corrected chi connectivity index (χ2v) is 13.7. The molecule has 7 aromatic rings. The van der Waals surface area contributed by atoms with Crippen LogP contribution >= 0.6 is 0 Å². The highest BCUT2D eigenvalue weighted by atomic mass is 14.4. The van der Waals surface area contributed by atoms with Crippen LogP contribution in [-0.4, -0.2) is 0 Å². The zero-order chi connectivity index (χ0) is 29.8. The molecule has 0 saturated carbocycles. The lowest BCUT2D eigenvalue weighted by atomic mass is 9.79. The predicted octanol–water partition coefficient (Wildman–Crippen LogP) is 11.9. The molecule has 0 nitrogen and oxygen atoms in total. The summed E-state index contributed by atoms with van der Waals surface area (Å²) in [5.41, 5.74) is 16.3. The Labute approximate surface area is 259 Å². The molecule has 7 aromatic carbocycles. The van der Waals surface area contributed by atoms with Gasteiger partial charge in [0, 0.05) is 10.8 Å². The van der Waals surface area contributed by atoms with Crippen molar-refractivity contribution in [3.8, 4) is 44.5 Å². The van der Waals surface area contributed by atoms with Crippen LogP contribution in [0.2, 0.25) is 0 Å². The fourth-order valence-corrected chi connectivity index (χ4v) is 8.55. The molecule has 0 aromatic heterocycles. The maximum Gasteiger partial charge on any atom is 0.0159 e. The van der Waals surface area contributed by atoms with Crippen LogP contribution in [0, 0.1) is 0 Å². The summed E-state index contributed by atoms with van der Waals surface area (Å²) < 4.78 is 0. The number of fused-ring (bicyclic) bond motifs is 8. The van der Waals surface area contributed by atoms with E-state index in [4.69, 9.17) is 0 Å². The van der Waals surface area contributed by atoms with Crippen molar-refractivity contribution in [2.75, 3.05) is 0 Å². The van der Waals surface area contributed by atoms with Gasteiger partial charge >= 0.3 is 0 Å². The fourth-order valence-electron chi connectivity index (χ4n) is 8.55. The molecule has 0 bridgehead atoms. The lowest BCUT2D eigenvalue weighted by Crippen LogP contribution is -2.14. The van der Waals surface area contributed by atoms with Gasteiger partial charge in [-0.3, -0.25) is 0 Å². The van der Waals surface area contributed by atoms with Crippen molar-refractivity contribution in [1.82, 2.24) is 0 Å². The van der Waals surface area contributed by atoms with E-state index in [-0.39, 0.29) is 10.8 Å². The summed E-state index contributed by atoms with van der Waals surface area (Å²) in [5, 5.41) is 5.22. The predicted molar refractivity (Wildman–Crippen MR) is 187 cm³/mol. The van der Waals surface area contributed by atoms with Crippen LogP contribution in [0.25, 0.3) is 66.1 Å². The number of rotatable bonds is 2. The van der Waals surface area contributed by atoms with E-state index in [9.17, 15) is 0 Å². The maximum absolute atomic E-state index is 2.47. The van der Waals surface area contributed by atoms with Crippen LogP contribution in [0.15, 0.2) is 133 Å². The van der Waals surface area contributed by atoms with Gasteiger partial charge in [0.1, 0.15) is 0 Å². The van der Waals surface area contributed by atoms with Gasteiger partial charge < -0.3 is 0 Å². The maximum atomic E-state index is 2.47. The van der Waals surface area contributed by atoms with E-state index in [2.05, 4.69) is 161 Å². The second kappa shape index (κ2) is 8.80. The normalized spacial score (nSPS) is 15.2. The molecule has 0 saturated heterocycles. The minimum Gasteiger partial charge on any atom is -0.0619 e. The molecule has 0 aliphatic heterocycles. The van der Waals surface area contributed by atoms with Crippen LogP contribution in [-0.2, 0) is 10.8 Å². The molecular formula is C44H34. The summed E-state index contributed by atoms with van der Waals surface area (Å²) in [6.07, 6.45) is 0. The van der Waals surface area contributed by atoms with Gasteiger partial charge in [0.05, 0.1) is 0 Å². The zero-order valence-electron chi connectivity index (χ0n) is 25.7. The van der Waals surface area contributed by atoms with E-state index in [1.165, 1.54) is 88.3 Å². The van der Waals surface area contributed by atoms with Crippen molar-refractivity contribution in [2.45, 2.75) is 38.5 Å². The van der Waals surface area contributed by atoms with Gasteiger partial charge in [-0.2, -0.15) is 0 Å². The third kappa shape index (κ3) is 3.23. The van der Waals surface area contributed by atoms with Crippen molar-refractivity contribution >= 4 is 21.5 Å². The molecule has 0 spiro atoms. The van der Waals surface area contributed by atoms with Gasteiger partial charge in [-0.1, -0.05) is 155 Å². The third-order valence-electron chi connectivity index (χ3n) is 10.7. The summed E-state index contributed by atoms with van der Waals surface area (Å²) in [7, 11) is 0. The summed E-state index contributed by atoms with van der Waals surface area (Å²) in [4.78, 5) is 0. The van der Waals surface area contributed by atoms with Crippen molar-refractivity contribution in [2.24, 2.45) is 0 Å². The van der Waals surface area contributed by atoms with Crippen molar-refractivity contribution in [3.63, 3.8) is 0 Å². The number of hydrogen-bond acceptors (Lipinski definition) is 0. The van der Waals surface area contributed by atoms with Crippen molar-refractivity contribution in [1.29, 1.82) is 0 Å². The Kier molecular flexibility index (Phi) is 5.11. The molecule has 44 heavy (non-hydrogen) atoms. The zero-order valence-corrected chi connectivity index (χ0v) is 25.7. The molecule has 0 amide bonds. The first kappa shape index (κ1) is 25.5. The molecule has 0 N–H and O–H groups in total. The second-order valence-electron chi connectivity index (χ2n) is 13.7. The lowest BCUT2D eigenvalue weighted by Gasteiger charge is -2.24. The van der Waals surface area contributed by atoms with Gasteiger partial charge in [0.2, 0.25) is 0 Å². The Bertz CT molecular complexity index is 2270. The van der Waals surface area contributed by atoms with Crippen LogP contribution in [0.4, 0.5) is 0 Å². The largest absolute Gasteiger partial charge is 0.0619 e. The first-order chi connectivity index (χ1) is 21.4. The fraction of sp³-hybridized carbons (Fsp3) is 0.136. The Hall–Kier alpha value is -4.94. The molecule has 2 aliphatic rings. The molecule has 0 heteroatoms. The average molecular weight is 563 g/mol. The Morgan fingerprint density at radius 2 is 0.773 bits per heavy atom.